The lowest BCUT2D eigenvalue weighted by Crippen LogP contribution is -2.45. The molecule has 1 aliphatic carbocycles. The first kappa shape index (κ1) is 38.3. The summed E-state index contributed by atoms with van der Waals surface area (Å²) in [6, 6.07) is 11.2. The van der Waals surface area contributed by atoms with E-state index in [0.29, 0.717) is 28.4 Å². The number of imidazole rings is 1. The Balaban J connectivity index is 0.857. The van der Waals surface area contributed by atoms with Crippen LogP contribution < -0.4 is 21.2 Å². The standard InChI is InChI=1S/C40H43F4N9O4/c1-49(25-15-17-51(18-16-25)31-6-4-7-32-36(31)50(2)39(57)53(32)33-13-14-35(54)47-38(33)56)21-23-9-11-26(12-10-23)52-22-24-19-30(27(41)20-29(24)48-52)46-37(55)28-5-3-8-34(45-28)40(42,43)44/h3-8,19-20,22-23,25-26,33H,9-18,21H2,1-2H3,(H,46,55)(H,47,54,56)/t23-,26-,33?. The second-order valence-corrected chi connectivity index (χ2v) is 15.5. The van der Waals surface area contributed by atoms with E-state index in [1.807, 2.05) is 29.1 Å². The third-order valence-electron chi connectivity index (χ3n) is 11.9. The van der Waals surface area contributed by atoms with Gasteiger partial charge in [0.15, 0.2) is 0 Å². The van der Waals surface area contributed by atoms with Crippen LogP contribution in [0.1, 0.15) is 79.6 Å². The maximum absolute atomic E-state index is 15.0. The van der Waals surface area contributed by atoms with Crippen molar-refractivity contribution in [3.63, 3.8) is 0 Å². The summed E-state index contributed by atoms with van der Waals surface area (Å²) >= 11 is 0. The number of pyridine rings is 1. The number of piperidine rings is 2. The van der Waals surface area contributed by atoms with Gasteiger partial charge in [-0.25, -0.2) is 14.2 Å². The highest BCUT2D eigenvalue weighted by Gasteiger charge is 2.35. The van der Waals surface area contributed by atoms with E-state index >= 15 is 4.39 Å². The Bertz CT molecular complexity index is 2420. The minimum absolute atomic E-state index is 0.126. The highest BCUT2D eigenvalue weighted by atomic mass is 19.4. The van der Waals surface area contributed by atoms with Gasteiger partial charge in [0.25, 0.3) is 5.91 Å². The molecule has 5 heterocycles. The van der Waals surface area contributed by atoms with Gasteiger partial charge >= 0.3 is 11.9 Å². The monoisotopic (exact) mass is 789 g/mol. The molecule has 300 valence electrons. The number of alkyl halides is 3. The molecular weight excluding hydrogens is 746 g/mol. The molecule has 2 N–H and O–H groups in total. The first-order chi connectivity index (χ1) is 27.2. The Hall–Kier alpha value is -5.58. The molecule has 3 fully saturated rings. The van der Waals surface area contributed by atoms with Crippen LogP contribution in [0, 0.1) is 11.7 Å². The number of para-hydroxylation sites is 1. The van der Waals surface area contributed by atoms with E-state index in [1.54, 1.807) is 11.6 Å². The van der Waals surface area contributed by atoms with Crippen molar-refractivity contribution in [2.24, 2.45) is 13.0 Å². The third-order valence-corrected chi connectivity index (χ3v) is 11.9. The molecule has 3 aromatic heterocycles. The summed E-state index contributed by atoms with van der Waals surface area (Å²) in [6.45, 7) is 2.60. The molecule has 13 nitrogen and oxygen atoms in total. The number of anilines is 2. The molecule has 1 atom stereocenters. The summed E-state index contributed by atoms with van der Waals surface area (Å²) < 4.78 is 59.3. The van der Waals surface area contributed by atoms with Gasteiger partial charge in [0, 0.05) is 56.8 Å². The Morgan fingerprint density at radius 2 is 1.72 bits per heavy atom. The van der Waals surface area contributed by atoms with E-state index in [4.69, 9.17) is 0 Å². The van der Waals surface area contributed by atoms with Gasteiger partial charge in [-0.2, -0.15) is 18.3 Å². The lowest BCUT2D eigenvalue weighted by atomic mass is 9.85. The van der Waals surface area contributed by atoms with Crippen molar-refractivity contribution in [1.82, 2.24) is 34.1 Å². The van der Waals surface area contributed by atoms with E-state index in [9.17, 15) is 32.3 Å². The maximum atomic E-state index is 15.0. The average Bonchev–Trinajstić information content (AvgIpc) is 3.72. The molecule has 1 unspecified atom stereocenters. The van der Waals surface area contributed by atoms with E-state index in [0.717, 1.165) is 87.6 Å². The van der Waals surface area contributed by atoms with Crippen molar-refractivity contribution in [3.05, 3.63) is 82.4 Å². The number of halogens is 4. The fraction of sp³-hybridized carbons (Fsp3) is 0.450. The summed E-state index contributed by atoms with van der Waals surface area (Å²) in [5.74, 6) is -1.97. The number of imide groups is 1. The maximum Gasteiger partial charge on any atom is 0.433 e. The summed E-state index contributed by atoms with van der Waals surface area (Å²) in [4.78, 5) is 58.7. The molecule has 0 bridgehead atoms. The van der Waals surface area contributed by atoms with Crippen LogP contribution in [0.3, 0.4) is 0 Å². The highest BCUT2D eigenvalue weighted by molar-refractivity contribution is 6.04. The molecule has 0 spiro atoms. The first-order valence-electron chi connectivity index (χ1n) is 19.3. The van der Waals surface area contributed by atoms with Gasteiger partial charge in [-0.1, -0.05) is 12.1 Å². The van der Waals surface area contributed by atoms with Gasteiger partial charge in [0.2, 0.25) is 11.8 Å². The number of benzene rings is 2. The zero-order chi connectivity index (χ0) is 40.2. The molecule has 2 aromatic carbocycles. The minimum atomic E-state index is -4.72. The van der Waals surface area contributed by atoms with Crippen LogP contribution in [0.4, 0.5) is 28.9 Å². The van der Waals surface area contributed by atoms with E-state index in [1.165, 1.54) is 16.7 Å². The van der Waals surface area contributed by atoms with Crippen molar-refractivity contribution in [3.8, 4) is 0 Å². The SMILES string of the molecule is CN(C[C@H]1CC[C@H](n2cc3cc(NC(=O)c4cccc(C(F)(F)F)n4)c(F)cc3n2)CC1)C1CCN(c2cccc3c2n(C)c(=O)n3C2CCC(=O)NC2=O)CC1. The van der Waals surface area contributed by atoms with E-state index in [-0.39, 0.29) is 36.2 Å². The molecule has 2 saturated heterocycles. The Morgan fingerprint density at radius 3 is 2.44 bits per heavy atom. The lowest BCUT2D eigenvalue weighted by Gasteiger charge is -2.40. The number of carbonyl (C=O) groups is 3. The van der Waals surface area contributed by atoms with Gasteiger partial charge in [-0.05, 0) is 88.2 Å². The van der Waals surface area contributed by atoms with Crippen molar-refractivity contribution in [2.45, 2.75) is 75.7 Å². The molecule has 1 saturated carbocycles. The molecule has 3 aliphatic rings. The number of aromatic nitrogens is 5. The van der Waals surface area contributed by atoms with Crippen LogP contribution in [-0.4, -0.2) is 79.2 Å². The topological polar surface area (TPSA) is 139 Å². The Kier molecular flexibility index (Phi) is 10.1. The molecule has 57 heavy (non-hydrogen) atoms. The van der Waals surface area contributed by atoms with Gasteiger partial charge in [0.05, 0.1) is 34.0 Å². The molecule has 3 amide bonds. The largest absolute Gasteiger partial charge is 0.433 e. The highest BCUT2D eigenvalue weighted by Crippen LogP contribution is 2.36. The van der Waals surface area contributed by atoms with Crippen LogP contribution in [0.25, 0.3) is 21.9 Å². The molecule has 8 rings (SSSR count). The number of hydrogen-bond donors (Lipinski definition) is 2. The fourth-order valence-corrected chi connectivity index (χ4v) is 8.85. The molecular formula is C40H43F4N9O4. The van der Waals surface area contributed by atoms with Crippen molar-refractivity contribution in [2.75, 3.05) is 36.9 Å². The van der Waals surface area contributed by atoms with Crippen molar-refractivity contribution in [1.29, 1.82) is 0 Å². The molecule has 17 heteroatoms. The van der Waals surface area contributed by atoms with E-state index in [2.05, 4.69) is 37.6 Å². The smallest absolute Gasteiger partial charge is 0.370 e. The zero-order valence-electron chi connectivity index (χ0n) is 31.6. The second-order valence-electron chi connectivity index (χ2n) is 15.5. The molecule has 2 aliphatic heterocycles. The van der Waals surface area contributed by atoms with Crippen LogP contribution in [0.15, 0.2) is 59.5 Å². The quantitative estimate of drug-likeness (QED) is 0.149. The number of aryl methyl sites for hydroxylation is 1. The molecule has 5 aromatic rings. The number of fused-ring (bicyclic) bond motifs is 2. The Morgan fingerprint density at radius 1 is 0.982 bits per heavy atom. The second kappa shape index (κ2) is 15.1. The average molecular weight is 790 g/mol. The predicted molar refractivity (Wildman–Crippen MR) is 204 cm³/mol. The lowest BCUT2D eigenvalue weighted by molar-refractivity contribution is -0.141. The third kappa shape index (κ3) is 7.51. The summed E-state index contributed by atoms with van der Waals surface area (Å²) in [5, 5.41) is 9.95. The molecule has 0 radical (unpaired) electrons. The number of hydrogen-bond acceptors (Lipinski definition) is 8. The summed E-state index contributed by atoms with van der Waals surface area (Å²) in [5.41, 5.74) is 0.706. The predicted octanol–water partition coefficient (Wildman–Crippen LogP) is 5.80. The van der Waals surface area contributed by atoms with E-state index < -0.39 is 41.2 Å². The normalized spacial score (nSPS) is 21.1. The van der Waals surface area contributed by atoms with Gasteiger partial charge < -0.3 is 15.1 Å². The number of nitrogens with one attached hydrogen (secondary N) is 2. The minimum Gasteiger partial charge on any atom is -0.370 e. The fourth-order valence-electron chi connectivity index (χ4n) is 8.85. The first-order valence-corrected chi connectivity index (χ1v) is 19.3. The van der Waals surface area contributed by atoms with Gasteiger partial charge in [0.1, 0.15) is 23.2 Å². The van der Waals surface area contributed by atoms with Crippen LogP contribution >= 0.6 is 0 Å². The van der Waals surface area contributed by atoms with Crippen molar-refractivity contribution >= 4 is 51.0 Å². The summed E-state index contributed by atoms with van der Waals surface area (Å²) in [6.07, 6.45) is 3.31. The Labute approximate surface area is 324 Å². The zero-order valence-corrected chi connectivity index (χ0v) is 31.6. The van der Waals surface area contributed by atoms with Crippen LogP contribution in [-0.2, 0) is 22.8 Å². The van der Waals surface area contributed by atoms with Crippen molar-refractivity contribution < 1.29 is 31.9 Å². The van der Waals surface area contributed by atoms with Crippen LogP contribution in [0.2, 0.25) is 0 Å². The number of nitrogens with zero attached hydrogens (tertiary/aromatic N) is 7. The van der Waals surface area contributed by atoms with Crippen LogP contribution in [0.5, 0.6) is 0 Å². The number of amides is 3. The number of rotatable bonds is 8. The summed E-state index contributed by atoms with van der Waals surface area (Å²) in [7, 11) is 3.91. The number of carbonyl (C=O) groups excluding carboxylic acids is 3. The van der Waals surface area contributed by atoms with Gasteiger partial charge in [-0.3, -0.25) is 33.5 Å². The van der Waals surface area contributed by atoms with Gasteiger partial charge in [-0.15, -0.1) is 0 Å².